The van der Waals surface area contributed by atoms with Crippen LogP contribution in [0.15, 0.2) is 78.9 Å². The Morgan fingerprint density at radius 1 is 0.838 bits per heavy atom. The van der Waals surface area contributed by atoms with Gasteiger partial charge in [-0.1, -0.05) is 48.0 Å². The Labute approximate surface area is 219 Å². The molecule has 0 aromatic heterocycles. The van der Waals surface area contributed by atoms with Crippen LogP contribution in [-0.4, -0.2) is 30.2 Å². The van der Waals surface area contributed by atoms with E-state index in [0.717, 1.165) is 12.8 Å². The maximum Gasteiger partial charge on any atom is 0.338 e. The highest BCUT2D eigenvalue weighted by Crippen LogP contribution is 2.61. The molecule has 6 rings (SSSR count). The molecule has 2 aliphatic carbocycles. The lowest BCUT2D eigenvalue weighted by molar-refractivity contribution is -0.123. The van der Waals surface area contributed by atoms with Gasteiger partial charge in [0.15, 0.2) is 12.4 Å². The third-order valence-corrected chi connectivity index (χ3v) is 8.34. The van der Waals surface area contributed by atoms with E-state index in [4.69, 9.17) is 16.3 Å². The lowest BCUT2D eigenvalue weighted by atomic mass is 9.73. The maximum absolute atomic E-state index is 13.6. The van der Waals surface area contributed by atoms with E-state index in [1.807, 2.05) is 18.2 Å². The molecule has 3 aliphatic rings. The van der Waals surface area contributed by atoms with Crippen molar-refractivity contribution in [3.8, 4) is 0 Å². The molecule has 5 atom stereocenters. The van der Waals surface area contributed by atoms with Crippen LogP contribution in [0.1, 0.15) is 45.0 Å². The van der Waals surface area contributed by atoms with Crippen LogP contribution in [0.25, 0.3) is 0 Å². The number of esters is 1. The van der Waals surface area contributed by atoms with Gasteiger partial charge in [-0.3, -0.25) is 19.3 Å². The molecular weight excluding hydrogens is 490 g/mol. The number of hydrogen-bond donors (Lipinski definition) is 0. The van der Waals surface area contributed by atoms with E-state index < -0.39 is 12.6 Å². The van der Waals surface area contributed by atoms with Crippen molar-refractivity contribution < 1.29 is 23.9 Å². The largest absolute Gasteiger partial charge is 0.454 e. The second-order valence-electron chi connectivity index (χ2n) is 10.0. The molecule has 5 unspecified atom stereocenters. The van der Waals surface area contributed by atoms with E-state index in [-0.39, 0.29) is 52.8 Å². The van der Waals surface area contributed by atoms with Crippen molar-refractivity contribution >= 4 is 40.9 Å². The number of ketones is 1. The molecule has 0 N–H and O–H groups in total. The molecule has 1 saturated heterocycles. The summed E-state index contributed by atoms with van der Waals surface area (Å²) in [6, 6.07) is 22.8. The SMILES string of the molecule is O=C(COC(=O)c1cccc(N2C(=O)C3C4CC(c5ccccc5)C(C4)C3C2=O)c1)c1ccc(Cl)cc1. The van der Waals surface area contributed by atoms with Gasteiger partial charge in [0.05, 0.1) is 23.1 Å². The Kier molecular flexibility index (Phi) is 5.92. The molecule has 1 heterocycles. The zero-order chi connectivity index (χ0) is 25.7. The molecule has 3 aromatic rings. The number of ether oxygens (including phenoxy) is 1. The summed E-state index contributed by atoms with van der Waals surface area (Å²) in [6.45, 7) is -0.430. The number of nitrogens with zero attached hydrogens (tertiary/aromatic N) is 1. The van der Waals surface area contributed by atoms with Gasteiger partial charge >= 0.3 is 5.97 Å². The van der Waals surface area contributed by atoms with Crippen LogP contribution in [0.3, 0.4) is 0 Å². The minimum absolute atomic E-state index is 0.144. The van der Waals surface area contributed by atoms with Gasteiger partial charge in [-0.25, -0.2) is 4.79 Å². The topological polar surface area (TPSA) is 80.8 Å². The van der Waals surface area contributed by atoms with Gasteiger partial charge in [-0.05, 0) is 78.6 Å². The number of anilines is 1. The quantitative estimate of drug-likeness (QED) is 0.253. The van der Waals surface area contributed by atoms with Crippen molar-refractivity contribution in [1.82, 2.24) is 0 Å². The Balaban J connectivity index is 1.18. The molecule has 3 fully saturated rings. The summed E-state index contributed by atoms with van der Waals surface area (Å²) in [5, 5.41) is 0.504. The summed E-state index contributed by atoms with van der Waals surface area (Å²) >= 11 is 5.85. The van der Waals surface area contributed by atoms with Gasteiger partial charge in [0.2, 0.25) is 11.8 Å². The number of imide groups is 1. The Bertz CT molecular complexity index is 1400. The van der Waals surface area contributed by atoms with Crippen molar-refractivity contribution in [2.75, 3.05) is 11.5 Å². The van der Waals surface area contributed by atoms with Crippen LogP contribution < -0.4 is 4.90 Å². The fourth-order valence-electron chi connectivity index (χ4n) is 6.50. The van der Waals surface area contributed by atoms with Crippen LogP contribution in [0.5, 0.6) is 0 Å². The smallest absolute Gasteiger partial charge is 0.338 e. The van der Waals surface area contributed by atoms with Crippen LogP contribution in [0, 0.1) is 23.7 Å². The van der Waals surface area contributed by atoms with Gasteiger partial charge in [0.25, 0.3) is 0 Å². The minimum atomic E-state index is -0.701. The predicted octanol–water partition coefficient (Wildman–Crippen LogP) is 5.31. The van der Waals surface area contributed by atoms with E-state index in [2.05, 4.69) is 12.1 Å². The number of carbonyl (C=O) groups is 4. The standard InChI is InChI=1S/C30H24ClNO5/c31-21-11-9-18(10-12-21)25(33)16-37-30(36)19-7-4-8-22(13-19)32-28(34)26-20-14-23(17-5-2-1-3-6-17)24(15-20)27(26)29(32)35/h1-13,20,23-24,26-27H,14-16H2. The molecule has 0 spiro atoms. The van der Waals surface area contributed by atoms with Crippen molar-refractivity contribution in [2.24, 2.45) is 23.7 Å². The third-order valence-electron chi connectivity index (χ3n) is 8.08. The molecule has 2 saturated carbocycles. The first-order chi connectivity index (χ1) is 17.9. The summed E-state index contributed by atoms with van der Waals surface area (Å²) < 4.78 is 5.22. The third kappa shape index (κ3) is 4.05. The van der Waals surface area contributed by atoms with E-state index >= 15 is 0 Å². The number of rotatable bonds is 6. The van der Waals surface area contributed by atoms with Crippen molar-refractivity contribution in [2.45, 2.75) is 18.8 Å². The molecule has 7 heteroatoms. The van der Waals surface area contributed by atoms with E-state index in [9.17, 15) is 19.2 Å². The minimum Gasteiger partial charge on any atom is -0.454 e. The highest BCUT2D eigenvalue weighted by atomic mass is 35.5. The van der Waals surface area contributed by atoms with Gasteiger partial charge in [0.1, 0.15) is 0 Å². The Hall–Kier alpha value is -3.77. The second kappa shape index (κ2) is 9.27. The fraction of sp³-hybridized carbons (Fsp3) is 0.267. The number of fused-ring (bicyclic) bond motifs is 5. The van der Waals surface area contributed by atoms with Crippen LogP contribution in [0.2, 0.25) is 5.02 Å². The molecule has 37 heavy (non-hydrogen) atoms. The fourth-order valence-corrected chi connectivity index (χ4v) is 6.63. The number of hydrogen-bond acceptors (Lipinski definition) is 5. The number of halogens is 1. The Morgan fingerprint density at radius 3 is 2.32 bits per heavy atom. The average Bonchev–Trinajstić information content (AvgIpc) is 3.59. The zero-order valence-corrected chi connectivity index (χ0v) is 20.6. The highest BCUT2D eigenvalue weighted by Gasteiger charge is 2.64. The van der Waals surface area contributed by atoms with E-state index in [1.54, 1.807) is 42.5 Å². The number of amides is 2. The van der Waals surface area contributed by atoms with Crippen LogP contribution in [-0.2, 0) is 14.3 Å². The first kappa shape index (κ1) is 23.6. The first-order valence-corrected chi connectivity index (χ1v) is 12.8. The Morgan fingerprint density at radius 2 is 1.57 bits per heavy atom. The molecule has 3 aromatic carbocycles. The normalized spacial score (nSPS) is 25.9. The molecule has 0 radical (unpaired) electrons. The molecule has 186 valence electrons. The summed E-state index contributed by atoms with van der Waals surface area (Å²) in [5.74, 6) is -1.45. The average molecular weight is 514 g/mol. The molecular formula is C30H24ClNO5. The maximum atomic E-state index is 13.6. The van der Waals surface area contributed by atoms with Crippen molar-refractivity contribution in [1.29, 1.82) is 0 Å². The summed E-state index contributed by atoms with van der Waals surface area (Å²) in [5.41, 5.74) is 2.14. The van der Waals surface area contributed by atoms with Crippen molar-refractivity contribution in [3.05, 3.63) is 101 Å². The lowest BCUT2D eigenvalue weighted by Crippen LogP contribution is -2.33. The summed E-state index contributed by atoms with van der Waals surface area (Å²) in [6.07, 6.45) is 1.81. The predicted molar refractivity (Wildman–Crippen MR) is 137 cm³/mol. The summed E-state index contributed by atoms with van der Waals surface area (Å²) in [4.78, 5) is 53.3. The lowest BCUT2D eigenvalue weighted by Gasteiger charge is -2.28. The van der Waals surface area contributed by atoms with Gasteiger partial charge in [0, 0.05) is 10.6 Å². The monoisotopic (exact) mass is 513 g/mol. The zero-order valence-electron chi connectivity index (χ0n) is 19.9. The number of benzene rings is 3. The van der Waals surface area contributed by atoms with E-state index in [1.165, 1.54) is 16.5 Å². The van der Waals surface area contributed by atoms with Crippen molar-refractivity contribution in [3.63, 3.8) is 0 Å². The van der Waals surface area contributed by atoms with Gasteiger partial charge < -0.3 is 4.74 Å². The van der Waals surface area contributed by atoms with Gasteiger partial charge in [-0.15, -0.1) is 0 Å². The van der Waals surface area contributed by atoms with Gasteiger partial charge in [-0.2, -0.15) is 0 Å². The highest BCUT2D eigenvalue weighted by molar-refractivity contribution is 6.30. The number of carbonyl (C=O) groups excluding carboxylic acids is 4. The van der Waals surface area contributed by atoms with Crippen LogP contribution in [0.4, 0.5) is 5.69 Å². The van der Waals surface area contributed by atoms with Crippen LogP contribution >= 0.6 is 11.6 Å². The molecule has 2 amide bonds. The molecule has 2 bridgehead atoms. The van der Waals surface area contributed by atoms with E-state index in [0.29, 0.717) is 16.3 Å². The molecule has 6 nitrogen and oxygen atoms in total. The second-order valence-corrected chi connectivity index (χ2v) is 10.5. The number of Topliss-reactive ketones (excluding diaryl/α,β-unsaturated/α-hetero) is 1. The molecule has 1 aliphatic heterocycles. The summed E-state index contributed by atoms with van der Waals surface area (Å²) in [7, 11) is 0. The first-order valence-electron chi connectivity index (χ1n) is 12.4.